The van der Waals surface area contributed by atoms with E-state index >= 15 is 0 Å². The number of thioether (sulfide) groups is 1. The Hall–Kier alpha value is -3.20. The molecule has 0 aliphatic carbocycles. The molecule has 2 aromatic rings. The number of hydrogen-bond acceptors (Lipinski definition) is 7. The Morgan fingerprint density at radius 1 is 1.23 bits per heavy atom. The van der Waals surface area contributed by atoms with E-state index in [2.05, 4.69) is 20.6 Å². The lowest BCUT2D eigenvalue weighted by molar-refractivity contribution is -0.127. The molecule has 2 heterocycles. The van der Waals surface area contributed by atoms with Crippen LogP contribution in [0.25, 0.3) is 0 Å². The standard InChI is InChI=1S/C22H25N5O3S/c1-14(27-13-18-11-24-15(2)26-21(18)25-12-20(27)29)19(9-10-23-16(3)28)31-22(30)17-7-5-4-6-8-17/h4-8,11H,9-10,12-13H2,1-3H3,(H,23,28)(H,24,25,26)/b19-14-. The fourth-order valence-electron chi connectivity index (χ4n) is 3.14. The number of amides is 2. The number of benzene rings is 1. The zero-order valence-electron chi connectivity index (χ0n) is 17.8. The number of fused-ring (bicyclic) bond motifs is 1. The first-order valence-corrected chi connectivity index (χ1v) is 10.7. The van der Waals surface area contributed by atoms with Crippen LogP contribution < -0.4 is 10.6 Å². The summed E-state index contributed by atoms with van der Waals surface area (Å²) in [5.74, 6) is 0.995. The normalized spacial score (nSPS) is 14.2. The van der Waals surface area contributed by atoms with Crippen molar-refractivity contribution in [3.8, 4) is 0 Å². The van der Waals surface area contributed by atoms with Gasteiger partial charge in [-0.3, -0.25) is 14.4 Å². The van der Waals surface area contributed by atoms with Crippen LogP contribution in [0.3, 0.4) is 0 Å². The number of hydrogen-bond donors (Lipinski definition) is 2. The molecule has 0 fully saturated rings. The van der Waals surface area contributed by atoms with Gasteiger partial charge in [0.15, 0.2) is 0 Å². The number of allylic oxidation sites excluding steroid dienone is 1. The Balaban J connectivity index is 1.90. The third kappa shape index (κ3) is 5.91. The summed E-state index contributed by atoms with van der Waals surface area (Å²) in [5.41, 5.74) is 2.06. The van der Waals surface area contributed by atoms with Gasteiger partial charge in [-0.25, -0.2) is 9.97 Å². The van der Waals surface area contributed by atoms with E-state index < -0.39 is 0 Å². The lowest BCUT2D eigenvalue weighted by atomic mass is 10.2. The monoisotopic (exact) mass is 439 g/mol. The fourth-order valence-corrected chi connectivity index (χ4v) is 4.08. The van der Waals surface area contributed by atoms with Crippen LogP contribution in [0.4, 0.5) is 5.82 Å². The maximum Gasteiger partial charge on any atom is 0.246 e. The molecule has 1 aromatic carbocycles. The summed E-state index contributed by atoms with van der Waals surface area (Å²) < 4.78 is 0. The van der Waals surface area contributed by atoms with Gasteiger partial charge in [0.2, 0.25) is 16.9 Å². The van der Waals surface area contributed by atoms with E-state index in [9.17, 15) is 14.4 Å². The smallest absolute Gasteiger partial charge is 0.246 e. The molecular formula is C22H25N5O3S. The van der Waals surface area contributed by atoms with Crippen LogP contribution in [0.2, 0.25) is 0 Å². The molecule has 8 nitrogen and oxygen atoms in total. The van der Waals surface area contributed by atoms with Crippen molar-refractivity contribution in [2.24, 2.45) is 0 Å². The van der Waals surface area contributed by atoms with Gasteiger partial charge in [0.05, 0.1) is 13.1 Å². The molecule has 162 valence electrons. The van der Waals surface area contributed by atoms with Crippen LogP contribution >= 0.6 is 11.8 Å². The molecular weight excluding hydrogens is 414 g/mol. The highest BCUT2D eigenvalue weighted by Crippen LogP contribution is 2.31. The van der Waals surface area contributed by atoms with Gasteiger partial charge in [-0.05, 0) is 32.0 Å². The van der Waals surface area contributed by atoms with Gasteiger partial charge in [0, 0.05) is 41.4 Å². The Labute approximate surface area is 185 Å². The second-order valence-electron chi connectivity index (χ2n) is 7.12. The molecule has 1 aliphatic rings. The first-order chi connectivity index (χ1) is 14.8. The summed E-state index contributed by atoms with van der Waals surface area (Å²) in [6, 6.07) is 8.99. The van der Waals surface area contributed by atoms with Crippen molar-refractivity contribution >= 4 is 34.5 Å². The van der Waals surface area contributed by atoms with Gasteiger partial charge >= 0.3 is 0 Å². The van der Waals surface area contributed by atoms with Gasteiger partial charge < -0.3 is 15.5 Å². The quantitative estimate of drug-likeness (QED) is 0.713. The van der Waals surface area contributed by atoms with E-state index in [1.54, 1.807) is 30.2 Å². The first-order valence-electron chi connectivity index (χ1n) is 9.93. The zero-order valence-corrected chi connectivity index (χ0v) is 18.6. The maximum absolute atomic E-state index is 12.9. The molecule has 31 heavy (non-hydrogen) atoms. The van der Waals surface area contributed by atoms with Crippen LogP contribution in [-0.2, 0) is 16.1 Å². The molecule has 0 saturated heterocycles. The minimum absolute atomic E-state index is 0.0943. The van der Waals surface area contributed by atoms with Gasteiger partial charge in [-0.2, -0.15) is 0 Å². The van der Waals surface area contributed by atoms with E-state index in [-0.39, 0.29) is 23.5 Å². The van der Waals surface area contributed by atoms with Crippen LogP contribution in [0.1, 0.15) is 42.0 Å². The van der Waals surface area contributed by atoms with Crippen molar-refractivity contribution in [3.63, 3.8) is 0 Å². The van der Waals surface area contributed by atoms with Gasteiger partial charge in [0.25, 0.3) is 0 Å². The summed E-state index contributed by atoms with van der Waals surface area (Å²) in [6.45, 7) is 5.83. The predicted molar refractivity (Wildman–Crippen MR) is 120 cm³/mol. The highest BCUT2D eigenvalue weighted by molar-refractivity contribution is 8.17. The Bertz CT molecular complexity index is 1020. The lowest BCUT2D eigenvalue weighted by Crippen LogP contribution is -2.32. The average molecular weight is 440 g/mol. The zero-order chi connectivity index (χ0) is 22.4. The average Bonchev–Trinajstić information content (AvgIpc) is 2.91. The maximum atomic E-state index is 12.9. The largest absolute Gasteiger partial charge is 0.361 e. The third-order valence-electron chi connectivity index (χ3n) is 4.78. The topological polar surface area (TPSA) is 104 Å². The van der Waals surface area contributed by atoms with E-state index in [0.717, 1.165) is 22.2 Å². The number of carbonyl (C=O) groups excluding carboxylic acids is 3. The Morgan fingerprint density at radius 3 is 2.68 bits per heavy atom. The molecule has 0 unspecified atom stereocenters. The highest BCUT2D eigenvalue weighted by Gasteiger charge is 2.25. The Morgan fingerprint density at radius 2 is 1.97 bits per heavy atom. The number of anilines is 1. The number of rotatable bonds is 6. The molecule has 2 N–H and O–H groups in total. The van der Waals surface area contributed by atoms with E-state index in [1.165, 1.54) is 6.92 Å². The first kappa shape index (κ1) is 22.5. The highest BCUT2D eigenvalue weighted by atomic mass is 32.2. The molecule has 0 saturated carbocycles. The van der Waals surface area contributed by atoms with Crippen molar-refractivity contribution in [2.45, 2.75) is 33.7 Å². The molecule has 0 spiro atoms. The summed E-state index contributed by atoms with van der Waals surface area (Å²) in [7, 11) is 0. The van der Waals surface area contributed by atoms with E-state index in [1.807, 2.05) is 25.1 Å². The van der Waals surface area contributed by atoms with E-state index in [4.69, 9.17) is 0 Å². The summed E-state index contributed by atoms with van der Waals surface area (Å²) in [6.07, 6.45) is 2.14. The Kier molecular flexibility index (Phi) is 7.41. The summed E-state index contributed by atoms with van der Waals surface area (Å²) in [4.78, 5) is 48.0. The van der Waals surface area contributed by atoms with Gasteiger partial charge in [-0.15, -0.1) is 0 Å². The summed E-state index contributed by atoms with van der Waals surface area (Å²) in [5, 5.41) is 5.71. The number of nitrogens with one attached hydrogen (secondary N) is 2. The molecule has 1 aromatic heterocycles. The van der Waals surface area contributed by atoms with Crippen molar-refractivity contribution in [1.82, 2.24) is 20.2 Å². The lowest BCUT2D eigenvalue weighted by Gasteiger charge is -2.24. The van der Waals surface area contributed by atoms with E-state index in [0.29, 0.717) is 42.4 Å². The van der Waals surface area contributed by atoms with Gasteiger partial charge in [0.1, 0.15) is 11.6 Å². The molecule has 0 atom stereocenters. The van der Waals surface area contributed by atoms with Crippen LogP contribution in [0.15, 0.2) is 47.1 Å². The van der Waals surface area contributed by atoms with Gasteiger partial charge in [-0.1, -0.05) is 30.3 Å². The molecule has 3 rings (SSSR count). The SMILES string of the molecule is CC(=O)NCC/C(SC(=O)c1ccccc1)=C(\C)N1Cc2cnc(C)nc2NCC1=O. The van der Waals surface area contributed by atoms with Crippen molar-refractivity contribution < 1.29 is 14.4 Å². The minimum atomic E-state index is -0.145. The van der Waals surface area contributed by atoms with Crippen molar-refractivity contribution in [1.29, 1.82) is 0 Å². The second kappa shape index (κ2) is 10.2. The van der Waals surface area contributed by atoms with Crippen LogP contribution in [0.5, 0.6) is 0 Å². The fraction of sp³-hybridized carbons (Fsp3) is 0.318. The number of nitrogens with zero attached hydrogens (tertiary/aromatic N) is 3. The third-order valence-corrected chi connectivity index (χ3v) is 5.95. The summed E-state index contributed by atoms with van der Waals surface area (Å²) >= 11 is 1.09. The van der Waals surface area contributed by atoms with Crippen LogP contribution in [0, 0.1) is 6.92 Å². The predicted octanol–water partition coefficient (Wildman–Crippen LogP) is 2.87. The molecule has 9 heteroatoms. The minimum Gasteiger partial charge on any atom is -0.361 e. The molecule has 2 amide bonds. The van der Waals surface area contributed by atoms with Crippen LogP contribution in [-0.4, -0.2) is 44.9 Å². The molecule has 1 aliphatic heterocycles. The molecule has 0 radical (unpaired) electrons. The van der Waals surface area contributed by atoms with Crippen molar-refractivity contribution in [2.75, 3.05) is 18.4 Å². The number of carbonyl (C=O) groups is 3. The second-order valence-corrected chi connectivity index (χ2v) is 8.19. The number of aryl methyl sites for hydroxylation is 1. The number of aromatic nitrogens is 2. The molecule has 0 bridgehead atoms. The van der Waals surface area contributed by atoms with Crippen molar-refractivity contribution in [3.05, 3.63) is 64.1 Å².